The second-order valence-electron chi connectivity index (χ2n) is 12.6. The van der Waals surface area contributed by atoms with Gasteiger partial charge in [0.1, 0.15) is 0 Å². The van der Waals surface area contributed by atoms with Crippen LogP contribution < -0.4 is 16.0 Å². The molecule has 8 bridgehead atoms. The number of hydrogen-bond acceptors (Lipinski definition) is 5. The van der Waals surface area contributed by atoms with Crippen molar-refractivity contribution in [3.63, 3.8) is 0 Å². The Bertz CT molecular complexity index is 1840. The molecule has 1 fully saturated rings. The zero-order chi connectivity index (χ0) is 32.7. The van der Waals surface area contributed by atoms with E-state index in [-0.39, 0.29) is 30.2 Å². The van der Waals surface area contributed by atoms with E-state index in [0.29, 0.717) is 6.42 Å². The molecule has 3 unspecified atom stereocenters. The van der Waals surface area contributed by atoms with E-state index >= 15 is 0 Å². The van der Waals surface area contributed by atoms with Crippen molar-refractivity contribution in [2.75, 3.05) is 14.2 Å². The number of fused-ring (bicyclic) bond motifs is 8. The molecule has 0 saturated carbocycles. The zero-order valence-corrected chi connectivity index (χ0v) is 28.4. The number of esters is 2. The molecule has 0 radical (unpaired) electrons. The van der Waals surface area contributed by atoms with Crippen molar-refractivity contribution in [3.05, 3.63) is 78.2 Å². The molecule has 5 rings (SSSR count). The van der Waals surface area contributed by atoms with Crippen LogP contribution in [-0.4, -0.2) is 41.1 Å². The van der Waals surface area contributed by atoms with Crippen LogP contribution in [0.25, 0.3) is 23.8 Å². The molecule has 4 N–H and O–H groups in total. The van der Waals surface area contributed by atoms with Crippen molar-refractivity contribution in [3.8, 4) is 0 Å². The van der Waals surface area contributed by atoms with E-state index in [0.717, 1.165) is 74.4 Å². The van der Waals surface area contributed by atoms with Crippen LogP contribution in [0.4, 0.5) is 0 Å². The highest BCUT2D eigenvalue weighted by Crippen LogP contribution is 2.44. The predicted molar refractivity (Wildman–Crippen MR) is 180 cm³/mol. The van der Waals surface area contributed by atoms with Gasteiger partial charge in [0.2, 0.25) is 0 Å². The minimum atomic E-state index is -0.557. The van der Waals surface area contributed by atoms with Crippen LogP contribution in [0.2, 0.25) is 0 Å². The second-order valence-corrected chi connectivity index (χ2v) is 12.6. The fourth-order valence-electron chi connectivity index (χ4n) is 7.29. The third-order valence-corrected chi connectivity index (χ3v) is 10.3. The Labute approximate surface area is 266 Å². The summed E-state index contributed by atoms with van der Waals surface area (Å²) in [6.45, 7) is 17.1. The van der Waals surface area contributed by atoms with Crippen LogP contribution in [0.5, 0.6) is 0 Å². The van der Waals surface area contributed by atoms with E-state index in [1.807, 2.05) is 6.92 Å². The standard InChI is InChI=1S/C37H48N4O4/c1-11-24-20(5)28-15-30-22(7)26(13-14-33(42)44-9)36(41-30)34(23(8)37(43)45-10)35-19(4)18(3)27(40-35)16-31-25(12-2)21(6)29(39-31)17-32(24)38-28/h15-17,22-23,26,38-41H,11-14H2,1-10H3. The summed E-state index contributed by atoms with van der Waals surface area (Å²) in [5.74, 6) is -1.10. The highest BCUT2D eigenvalue weighted by atomic mass is 16.5. The van der Waals surface area contributed by atoms with Gasteiger partial charge in [0.15, 0.2) is 0 Å². The first-order valence-electron chi connectivity index (χ1n) is 16.1. The van der Waals surface area contributed by atoms with Gasteiger partial charge in [-0.15, -0.1) is 0 Å². The lowest BCUT2D eigenvalue weighted by molar-refractivity contribution is -0.143. The van der Waals surface area contributed by atoms with Crippen molar-refractivity contribution < 1.29 is 19.1 Å². The SMILES string of the molecule is CCc1c2[nH]c(c1C)C=C1NC(=C(C(C)C(=O)OC)c3[nH]c(c(C)c3C)C=c3[nH]c(c(C)c3CC)=C2)C(CCC(=O)OC)C1C. The molecule has 5 heterocycles. The lowest BCUT2D eigenvalue weighted by Gasteiger charge is -2.22. The minimum absolute atomic E-state index is 0.0459. The molecule has 45 heavy (non-hydrogen) atoms. The van der Waals surface area contributed by atoms with Crippen molar-refractivity contribution in [2.45, 2.75) is 81.1 Å². The lowest BCUT2D eigenvalue weighted by atomic mass is 9.83. The van der Waals surface area contributed by atoms with Crippen LogP contribution in [-0.2, 0) is 31.9 Å². The van der Waals surface area contributed by atoms with E-state index in [2.05, 4.69) is 87.0 Å². The minimum Gasteiger partial charge on any atom is -0.469 e. The maximum Gasteiger partial charge on any atom is 0.312 e. The molecule has 2 aliphatic rings. The fourth-order valence-corrected chi connectivity index (χ4v) is 7.29. The number of hydrogen-bond donors (Lipinski definition) is 4. The number of methoxy groups -OCH3 is 2. The monoisotopic (exact) mass is 612 g/mol. The highest BCUT2D eigenvalue weighted by molar-refractivity contribution is 5.90. The van der Waals surface area contributed by atoms with Gasteiger partial charge in [-0.1, -0.05) is 20.8 Å². The zero-order valence-electron chi connectivity index (χ0n) is 28.4. The van der Waals surface area contributed by atoms with Crippen molar-refractivity contribution in [1.82, 2.24) is 20.3 Å². The summed E-state index contributed by atoms with van der Waals surface area (Å²) < 4.78 is 10.3. The Morgan fingerprint density at radius 2 is 1.47 bits per heavy atom. The molecule has 8 heteroatoms. The van der Waals surface area contributed by atoms with Crippen molar-refractivity contribution >= 4 is 35.7 Å². The van der Waals surface area contributed by atoms with Crippen LogP contribution >= 0.6 is 0 Å². The van der Waals surface area contributed by atoms with E-state index in [4.69, 9.17) is 9.47 Å². The average molecular weight is 613 g/mol. The third-order valence-electron chi connectivity index (χ3n) is 10.3. The quantitative estimate of drug-likeness (QED) is 0.268. The maximum atomic E-state index is 13.3. The molecule has 0 spiro atoms. The third kappa shape index (κ3) is 5.60. The number of carbonyl (C=O) groups excluding carboxylic acids is 2. The van der Waals surface area contributed by atoms with Gasteiger partial charge in [-0.2, -0.15) is 0 Å². The van der Waals surface area contributed by atoms with Crippen molar-refractivity contribution in [2.24, 2.45) is 17.8 Å². The van der Waals surface area contributed by atoms with Crippen LogP contribution in [0, 0.1) is 45.4 Å². The molecule has 3 aromatic rings. The Balaban J connectivity index is 1.90. The highest BCUT2D eigenvalue weighted by Gasteiger charge is 2.38. The van der Waals surface area contributed by atoms with E-state index in [9.17, 15) is 9.59 Å². The number of aromatic nitrogens is 3. The molecule has 2 aliphatic heterocycles. The number of H-pyrrole nitrogens is 3. The first-order valence-corrected chi connectivity index (χ1v) is 16.1. The van der Waals surface area contributed by atoms with Gasteiger partial charge >= 0.3 is 11.9 Å². The maximum absolute atomic E-state index is 13.3. The first-order chi connectivity index (χ1) is 21.4. The van der Waals surface area contributed by atoms with E-state index in [1.165, 1.54) is 36.5 Å². The van der Waals surface area contributed by atoms with Gasteiger partial charge < -0.3 is 29.7 Å². The smallest absolute Gasteiger partial charge is 0.312 e. The molecule has 240 valence electrons. The number of aromatic amines is 3. The Kier molecular flexibility index (Phi) is 9.06. The Morgan fingerprint density at radius 3 is 2.11 bits per heavy atom. The summed E-state index contributed by atoms with van der Waals surface area (Å²) >= 11 is 0. The first kappa shape index (κ1) is 32.2. The van der Waals surface area contributed by atoms with Crippen LogP contribution in [0.1, 0.15) is 96.7 Å². The average Bonchev–Trinajstić information content (AvgIpc) is 3.69. The fraction of sp³-hybridized carbons (Fsp3) is 0.459. The molecule has 1 saturated heterocycles. The normalized spacial score (nSPS) is 18.1. The lowest BCUT2D eigenvalue weighted by Crippen LogP contribution is -2.21. The molecule has 0 aliphatic carbocycles. The summed E-state index contributed by atoms with van der Waals surface area (Å²) in [6, 6.07) is 0. The summed E-state index contributed by atoms with van der Waals surface area (Å²) in [5, 5.41) is 5.95. The summed E-state index contributed by atoms with van der Waals surface area (Å²) in [7, 11) is 2.86. The molecule has 0 amide bonds. The number of nitrogens with one attached hydrogen (secondary N) is 4. The van der Waals surface area contributed by atoms with Gasteiger partial charge in [-0.25, -0.2) is 0 Å². The van der Waals surface area contributed by atoms with Crippen LogP contribution in [0.3, 0.4) is 0 Å². The van der Waals surface area contributed by atoms with Gasteiger partial charge in [-0.05, 0) is 105 Å². The second kappa shape index (κ2) is 12.7. The summed E-state index contributed by atoms with van der Waals surface area (Å²) in [5.41, 5.74) is 14.1. The van der Waals surface area contributed by atoms with E-state index in [1.54, 1.807) is 0 Å². The van der Waals surface area contributed by atoms with E-state index < -0.39 is 5.92 Å². The molecule has 3 aromatic heterocycles. The molecule has 8 nitrogen and oxygen atoms in total. The van der Waals surface area contributed by atoms with Gasteiger partial charge in [0.25, 0.3) is 0 Å². The van der Waals surface area contributed by atoms with Gasteiger partial charge in [-0.3, -0.25) is 9.59 Å². The number of ether oxygens (including phenoxy) is 2. The van der Waals surface area contributed by atoms with Gasteiger partial charge in [0, 0.05) is 68.7 Å². The molecular weight excluding hydrogens is 564 g/mol. The topological polar surface area (TPSA) is 112 Å². The Hall–Kier alpha value is -4.20. The van der Waals surface area contributed by atoms with Crippen LogP contribution in [0.15, 0.2) is 11.4 Å². The Morgan fingerprint density at radius 1 is 0.800 bits per heavy atom. The summed E-state index contributed by atoms with van der Waals surface area (Å²) in [6.07, 6.45) is 9.30. The largest absolute Gasteiger partial charge is 0.469 e. The summed E-state index contributed by atoms with van der Waals surface area (Å²) in [4.78, 5) is 36.8. The predicted octanol–water partition coefficient (Wildman–Crippen LogP) is 5.37. The number of carbonyl (C=O) groups is 2. The van der Waals surface area contributed by atoms with Gasteiger partial charge in [0.05, 0.1) is 20.1 Å². The number of rotatable bonds is 7. The molecule has 0 aromatic carbocycles. The molecular formula is C37H48N4O4. The molecule has 3 atom stereocenters. The number of allylic oxidation sites excluding steroid dienone is 2. The van der Waals surface area contributed by atoms with Crippen molar-refractivity contribution in [1.29, 1.82) is 0 Å².